The summed E-state index contributed by atoms with van der Waals surface area (Å²) in [5.41, 5.74) is 5.46. The number of fused-ring (bicyclic) bond motifs is 1. The summed E-state index contributed by atoms with van der Waals surface area (Å²) in [6.45, 7) is 7.62. The molecule has 1 aromatic heterocycles. The van der Waals surface area contributed by atoms with Gasteiger partial charge in [-0.1, -0.05) is 44.2 Å². The predicted octanol–water partition coefficient (Wildman–Crippen LogP) is 7.51. The number of hydrogen-bond donors (Lipinski definition) is 0. The van der Waals surface area contributed by atoms with Gasteiger partial charge < -0.3 is 9.30 Å². The van der Waals surface area contributed by atoms with Crippen molar-refractivity contribution in [1.82, 2.24) is 4.57 Å². The van der Waals surface area contributed by atoms with E-state index in [1.807, 2.05) is 43.3 Å². The summed E-state index contributed by atoms with van der Waals surface area (Å²) in [4.78, 5) is 10.5. The van der Waals surface area contributed by atoms with E-state index in [9.17, 15) is 15.4 Å². The number of ether oxygens (including phenoxy) is 1. The lowest BCUT2D eigenvalue weighted by Gasteiger charge is -2.12. The van der Waals surface area contributed by atoms with E-state index in [2.05, 4.69) is 42.7 Å². The first-order valence-corrected chi connectivity index (χ1v) is 12.1. The largest absolute Gasteiger partial charge is 0.492 e. The molecule has 0 N–H and O–H groups in total. The number of non-ortho nitro benzene ring substituents is 1. The Hall–Kier alpha value is -4.37. The molecule has 0 fully saturated rings. The number of hydrogen-bond acceptors (Lipinski definition) is 4. The Morgan fingerprint density at radius 2 is 1.81 bits per heavy atom. The molecule has 6 heteroatoms. The molecular formula is C30H29N3O3. The third-order valence-corrected chi connectivity index (χ3v) is 6.72. The molecule has 3 aromatic carbocycles. The smallest absolute Gasteiger partial charge is 0.269 e. The molecule has 0 aliphatic rings. The first kappa shape index (κ1) is 24.7. The summed E-state index contributed by atoms with van der Waals surface area (Å²) in [6, 6.07) is 24.7. The summed E-state index contributed by atoms with van der Waals surface area (Å²) in [7, 11) is 0. The highest BCUT2D eigenvalue weighted by Gasteiger charge is 2.14. The van der Waals surface area contributed by atoms with Crippen molar-refractivity contribution < 1.29 is 9.66 Å². The Kier molecular flexibility index (Phi) is 7.50. The molecule has 1 heterocycles. The predicted molar refractivity (Wildman–Crippen MR) is 144 cm³/mol. The first-order chi connectivity index (χ1) is 17.4. The standard InChI is InChI=1S/C30H29N3O3/c1-4-21(2)23-11-15-27(16-12-23)36-18-17-32-22(3)29(28-7-5-6-8-30(28)32)19-25(20-31)24-9-13-26(14-10-24)33(34)35/h5-16,19,21H,4,17-18H2,1-3H3. The number of nitriles is 1. The number of nitro groups is 1. The Balaban J connectivity index is 1.59. The maximum Gasteiger partial charge on any atom is 0.269 e. The normalized spacial score (nSPS) is 12.3. The molecule has 4 aromatic rings. The SMILES string of the molecule is CCC(C)c1ccc(OCCn2c(C)c(C=C(C#N)c3ccc([N+](=O)[O-])cc3)c3ccccc32)cc1. The molecule has 1 atom stereocenters. The van der Waals surface area contributed by atoms with Gasteiger partial charge in [0, 0.05) is 34.3 Å². The van der Waals surface area contributed by atoms with Gasteiger partial charge in [0.2, 0.25) is 0 Å². The zero-order valence-corrected chi connectivity index (χ0v) is 20.8. The molecule has 6 nitrogen and oxygen atoms in total. The lowest BCUT2D eigenvalue weighted by molar-refractivity contribution is -0.384. The van der Waals surface area contributed by atoms with E-state index in [4.69, 9.17) is 4.74 Å². The summed E-state index contributed by atoms with van der Waals surface area (Å²) in [6.07, 6.45) is 2.97. The van der Waals surface area contributed by atoms with E-state index in [0.717, 1.165) is 34.3 Å². The van der Waals surface area contributed by atoms with Gasteiger partial charge >= 0.3 is 0 Å². The van der Waals surface area contributed by atoms with Gasteiger partial charge in [0.1, 0.15) is 12.4 Å². The number of para-hydroxylation sites is 1. The molecule has 182 valence electrons. The maximum absolute atomic E-state index is 11.0. The molecule has 0 saturated carbocycles. The van der Waals surface area contributed by atoms with Gasteiger partial charge in [0.25, 0.3) is 5.69 Å². The quantitative estimate of drug-likeness (QED) is 0.141. The van der Waals surface area contributed by atoms with E-state index in [1.54, 1.807) is 12.1 Å². The van der Waals surface area contributed by atoms with Crippen molar-refractivity contribution in [3.63, 3.8) is 0 Å². The minimum absolute atomic E-state index is 0.00154. The van der Waals surface area contributed by atoms with Crippen molar-refractivity contribution >= 4 is 28.2 Å². The number of rotatable bonds is 9. The Morgan fingerprint density at radius 3 is 2.44 bits per heavy atom. The molecule has 0 amide bonds. The van der Waals surface area contributed by atoms with Gasteiger partial charge in [-0.25, -0.2) is 0 Å². The number of benzene rings is 3. The molecule has 0 radical (unpaired) electrons. The van der Waals surface area contributed by atoms with Crippen LogP contribution in [0, 0.1) is 28.4 Å². The number of aromatic nitrogens is 1. The molecule has 0 aliphatic heterocycles. The number of nitrogens with zero attached hydrogens (tertiary/aromatic N) is 3. The van der Waals surface area contributed by atoms with Crippen molar-refractivity contribution in [1.29, 1.82) is 5.26 Å². The number of allylic oxidation sites excluding steroid dienone is 1. The van der Waals surface area contributed by atoms with Crippen LogP contribution < -0.4 is 4.74 Å². The van der Waals surface area contributed by atoms with Gasteiger partial charge in [-0.15, -0.1) is 0 Å². The summed E-state index contributed by atoms with van der Waals surface area (Å²) >= 11 is 0. The average Bonchev–Trinajstić information content (AvgIpc) is 3.17. The minimum atomic E-state index is -0.445. The lowest BCUT2D eigenvalue weighted by atomic mass is 9.99. The van der Waals surface area contributed by atoms with Gasteiger partial charge in [-0.05, 0) is 66.8 Å². The molecule has 0 bridgehead atoms. The zero-order chi connectivity index (χ0) is 25.7. The topological polar surface area (TPSA) is 81.1 Å². The van der Waals surface area contributed by atoms with E-state index in [-0.39, 0.29) is 5.69 Å². The highest BCUT2D eigenvalue weighted by Crippen LogP contribution is 2.30. The molecule has 36 heavy (non-hydrogen) atoms. The summed E-state index contributed by atoms with van der Waals surface area (Å²) in [5.74, 6) is 1.38. The lowest BCUT2D eigenvalue weighted by Crippen LogP contribution is -2.09. The molecule has 0 aliphatic carbocycles. The Labute approximate surface area is 211 Å². The van der Waals surface area contributed by atoms with E-state index >= 15 is 0 Å². The number of nitro benzene ring substituents is 1. The van der Waals surface area contributed by atoms with Crippen molar-refractivity contribution in [2.24, 2.45) is 0 Å². The molecule has 0 saturated heterocycles. The van der Waals surface area contributed by atoms with Crippen LogP contribution in [0.3, 0.4) is 0 Å². The zero-order valence-electron chi connectivity index (χ0n) is 20.8. The van der Waals surface area contributed by atoms with Gasteiger partial charge in [0.15, 0.2) is 0 Å². The van der Waals surface area contributed by atoms with Crippen LogP contribution in [0.5, 0.6) is 5.75 Å². The van der Waals surface area contributed by atoms with Crippen LogP contribution in [-0.2, 0) is 6.54 Å². The van der Waals surface area contributed by atoms with Crippen LogP contribution >= 0.6 is 0 Å². The van der Waals surface area contributed by atoms with Crippen LogP contribution in [0.2, 0.25) is 0 Å². The third kappa shape index (κ3) is 5.16. The second-order valence-electron chi connectivity index (χ2n) is 8.87. The minimum Gasteiger partial charge on any atom is -0.492 e. The van der Waals surface area contributed by atoms with Crippen LogP contribution in [0.25, 0.3) is 22.6 Å². The van der Waals surface area contributed by atoms with Gasteiger partial charge in [-0.2, -0.15) is 5.26 Å². The van der Waals surface area contributed by atoms with E-state index in [1.165, 1.54) is 17.7 Å². The van der Waals surface area contributed by atoms with Crippen molar-refractivity contribution in [3.05, 3.63) is 105 Å². The molecule has 0 spiro atoms. The highest BCUT2D eigenvalue weighted by atomic mass is 16.6. The van der Waals surface area contributed by atoms with E-state index < -0.39 is 4.92 Å². The van der Waals surface area contributed by atoms with Crippen LogP contribution in [-0.4, -0.2) is 16.1 Å². The van der Waals surface area contributed by atoms with Crippen LogP contribution in [0.4, 0.5) is 5.69 Å². The van der Waals surface area contributed by atoms with Crippen molar-refractivity contribution in [2.45, 2.75) is 39.7 Å². The second kappa shape index (κ2) is 10.9. The summed E-state index contributed by atoms with van der Waals surface area (Å²) in [5, 5.41) is 21.9. The van der Waals surface area contributed by atoms with Crippen molar-refractivity contribution in [3.8, 4) is 11.8 Å². The molecular weight excluding hydrogens is 450 g/mol. The maximum atomic E-state index is 11.0. The average molecular weight is 480 g/mol. The highest BCUT2D eigenvalue weighted by molar-refractivity contribution is 5.99. The Morgan fingerprint density at radius 1 is 1.11 bits per heavy atom. The Bertz CT molecular complexity index is 1440. The van der Waals surface area contributed by atoms with Crippen LogP contribution in [0.15, 0.2) is 72.8 Å². The molecule has 4 rings (SSSR count). The first-order valence-electron chi connectivity index (χ1n) is 12.1. The monoisotopic (exact) mass is 479 g/mol. The fourth-order valence-electron chi connectivity index (χ4n) is 4.40. The summed E-state index contributed by atoms with van der Waals surface area (Å²) < 4.78 is 8.26. The third-order valence-electron chi connectivity index (χ3n) is 6.72. The van der Waals surface area contributed by atoms with Gasteiger partial charge in [0.05, 0.1) is 23.1 Å². The van der Waals surface area contributed by atoms with Gasteiger partial charge in [-0.3, -0.25) is 10.1 Å². The fraction of sp³-hybridized carbons (Fsp3) is 0.233. The van der Waals surface area contributed by atoms with Crippen LogP contribution in [0.1, 0.15) is 48.6 Å². The second-order valence-corrected chi connectivity index (χ2v) is 8.87. The van der Waals surface area contributed by atoms with E-state index in [0.29, 0.717) is 30.2 Å². The van der Waals surface area contributed by atoms with Crippen molar-refractivity contribution in [2.75, 3.05) is 6.61 Å². The molecule has 1 unspecified atom stereocenters. The fourth-order valence-corrected chi connectivity index (χ4v) is 4.40.